The topological polar surface area (TPSA) is 68.7 Å². The number of carbonyl (C=O) groups is 1. The Kier molecular flexibility index (Phi) is 3.44. The summed E-state index contributed by atoms with van der Waals surface area (Å²) in [6, 6.07) is 11.6. The lowest BCUT2D eigenvalue weighted by Crippen LogP contribution is -2.23. The van der Waals surface area contributed by atoms with Gasteiger partial charge in [-0.2, -0.15) is 5.26 Å². The molecule has 2 N–H and O–H groups in total. The summed E-state index contributed by atoms with van der Waals surface area (Å²) in [6.45, 7) is 2.32. The van der Waals surface area contributed by atoms with Crippen LogP contribution in [0.15, 0.2) is 35.9 Å². The molecule has 2 rings (SSSR count). The summed E-state index contributed by atoms with van der Waals surface area (Å²) in [6.07, 6.45) is 1.56. The Morgan fingerprint density at radius 2 is 2.28 bits per heavy atom. The molecule has 1 aromatic heterocycles. The number of para-hydroxylation sites is 1. The van der Waals surface area contributed by atoms with Gasteiger partial charge in [0.1, 0.15) is 11.6 Å². The molecule has 1 heterocycles. The first-order valence-corrected chi connectivity index (χ1v) is 5.72. The molecular weight excluding hydrogens is 226 g/mol. The molecule has 0 aliphatic carbocycles. The molecule has 0 bridgehead atoms. The monoisotopic (exact) mass is 239 g/mol. The van der Waals surface area contributed by atoms with Crippen LogP contribution in [0.2, 0.25) is 0 Å². The molecule has 2 aromatic rings. The zero-order chi connectivity index (χ0) is 13.0. The number of nitrogens with one attached hydrogen (secondary N) is 2. The number of nitrogens with zero attached hydrogens (tertiary/aromatic N) is 1. The summed E-state index contributed by atoms with van der Waals surface area (Å²) in [5.74, 6) is -0.348. The first kappa shape index (κ1) is 11.9. The second-order valence-electron chi connectivity index (χ2n) is 3.84. The zero-order valence-electron chi connectivity index (χ0n) is 10.0. The third-order valence-electron chi connectivity index (χ3n) is 2.55. The van der Waals surface area contributed by atoms with Gasteiger partial charge in [0, 0.05) is 17.8 Å². The number of carbonyl (C=O) groups excluding carboxylic acids is 1. The average Bonchev–Trinajstić information content (AvgIpc) is 2.78. The predicted octanol–water partition coefficient (Wildman–Crippen LogP) is 2.21. The van der Waals surface area contributed by atoms with Gasteiger partial charge < -0.3 is 10.3 Å². The number of H-pyrrole nitrogens is 1. The standard InChI is InChI=1S/C14H13N3O/c1-2-16-14(18)11(9-15)8-12-7-10-5-3-4-6-13(10)17-12/h3-8,17H,2H2,1H3,(H,16,18)/b11-8+. The molecule has 4 heteroatoms. The zero-order valence-corrected chi connectivity index (χ0v) is 10.0. The third-order valence-corrected chi connectivity index (χ3v) is 2.55. The minimum Gasteiger partial charge on any atom is -0.355 e. The average molecular weight is 239 g/mol. The van der Waals surface area contributed by atoms with E-state index in [1.165, 1.54) is 0 Å². The predicted molar refractivity (Wildman–Crippen MR) is 70.6 cm³/mol. The molecule has 0 saturated heterocycles. The maximum Gasteiger partial charge on any atom is 0.262 e. The Morgan fingerprint density at radius 3 is 2.94 bits per heavy atom. The summed E-state index contributed by atoms with van der Waals surface area (Å²) in [5, 5.41) is 12.6. The van der Waals surface area contributed by atoms with Gasteiger partial charge in [-0.25, -0.2) is 0 Å². The van der Waals surface area contributed by atoms with Crippen LogP contribution < -0.4 is 5.32 Å². The van der Waals surface area contributed by atoms with Crippen molar-refractivity contribution in [2.24, 2.45) is 0 Å². The summed E-state index contributed by atoms with van der Waals surface area (Å²) < 4.78 is 0. The number of aromatic nitrogens is 1. The highest BCUT2D eigenvalue weighted by molar-refractivity contribution is 6.02. The van der Waals surface area contributed by atoms with Crippen LogP contribution in [0.1, 0.15) is 12.6 Å². The number of benzene rings is 1. The van der Waals surface area contributed by atoms with E-state index in [9.17, 15) is 4.79 Å². The van der Waals surface area contributed by atoms with E-state index < -0.39 is 0 Å². The molecule has 0 fully saturated rings. The van der Waals surface area contributed by atoms with Gasteiger partial charge in [0.25, 0.3) is 5.91 Å². The third kappa shape index (κ3) is 2.41. The first-order chi connectivity index (χ1) is 8.74. The van der Waals surface area contributed by atoms with Gasteiger partial charge in [-0.15, -0.1) is 0 Å². The quantitative estimate of drug-likeness (QED) is 0.637. The Hall–Kier alpha value is -2.54. The van der Waals surface area contributed by atoms with Crippen molar-refractivity contribution < 1.29 is 4.79 Å². The van der Waals surface area contributed by atoms with E-state index >= 15 is 0 Å². The molecule has 0 atom stereocenters. The van der Waals surface area contributed by atoms with Crippen LogP contribution in [0.3, 0.4) is 0 Å². The van der Waals surface area contributed by atoms with E-state index in [0.29, 0.717) is 6.54 Å². The normalized spacial score (nSPS) is 11.2. The number of likely N-dealkylation sites (N-methyl/N-ethyl adjacent to an activating group) is 1. The van der Waals surface area contributed by atoms with Crippen molar-refractivity contribution in [3.63, 3.8) is 0 Å². The number of hydrogen-bond donors (Lipinski definition) is 2. The summed E-state index contributed by atoms with van der Waals surface area (Å²) >= 11 is 0. The van der Waals surface area contributed by atoms with Gasteiger partial charge in [-0.05, 0) is 30.5 Å². The Balaban J connectivity index is 2.36. The second-order valence-corrected chi connectivity index (χ2v) is 3.84. The largest absolute Gasteiger partial charge is 0.355 e. The van der Waals surface area contributed by atoms with E-state index in [2.05, 4.69) is 10.3 Å². The van der Waals surface area contributed by atoms with Crippen LogP contribution in [-0.4, -0.2) is 17.4 Å². The first-order valence-electron chi connectivity index (χ1n) is 5.72. The van der Waals surface area contributed by atoms with Crippen LogP contribution in [0, 0.1) is 11.3 Å². The van der Waals surface area contributed by atoms with Gasteiger partial charge in [0.2, 0.25) is 0 Å². The van der Waals surface area contributed by atoms with Crippen molar-refractivity contribution in [3.8, 4) is 6.07 Å². The number of amides is 1. The lowest BCUT2D eigenvalue weighted by molar-refractivity contribution is -0.116. The fourth-order valence-electron chi connectivity index (χ4n) is 1.73. The van der Waals surface area contributed by atoms with E-state index in [-0.39, 0.29) is 11.5 Å². The van der Waals surface area contributed by atoms with E-state index in [4.69, 9.17) is 5.26 Å². The van der Waals surface area contributed by atoms with Crippen LogP contribution >= 0.6 is 0 Å². The summed E-state index contributed by atoms with van der Waals surface area (Å²) in [4.78, 5) is 14.7. The van der Waals surface area contributed by atoms with Crippen LogP contribution in [0.25, 0.3) is 17.0 Å². The highest BCUT2D eigenvalue weighted by Gasteiger charge is 2.08. The molecule has 90 valence electrons. The molecule has 0 spiro atoms. The fourth-order valence-corrected chi connectivity index (χ4v) is 1.73. The number of fused-ring (bicyclic) bond motifs is 1. The minimum absolute atomic E-state index is 0.100. The number of nitriles is 1. The molecule has 1 amide bonds. The minimum atomic E-state index is -0.348. The number of hydrogen-bond acceptors (Lipinski definition) is 2. The summed E-state index contributed by atoms with van der Waals surface area (Å²) in [5.41, 5.74) is 1.83. The Morgan fingerprint density at radius 1 is 1.50 bits per heavy atom. The molecule has 18 heavy (non-hydrogen) atoms. The molecule has 1 aromatic carbocycles. The van der Waals surface area contributed by atoms with Gasteiger partial charge in [0.15, 0.2) is 0 Å². The van der Waals surface area contributed by atoms with Gasteiger partial charge >= 0.3 is 0 Å². The van der Waals surface area contributed by atoms with Crippen molar-refractivity contribution in [2.75, 3.05) is 6.54 Å². The molecule has 0 radical (unpaired) electrons. The second kappa shape index (κ2) is 5.19. The SMILES string of the molecule is CCNC(=O)/C(C#N)=C/c1cc2ccccc2[nH]1. The van der Waals surface area contributed by atoms with Gasteiger partial charge in [0.05, 0.1) is 0 Å². The maximum atomic E-state index is 11.6. The molecule has 0 saturated carbocycles. The van der Waals surface area contributed by atoms with Crippen molar-refractivity contribution in [2.45, 2.75) is 6.92 Å². The lowest BCUT2D eigenvalue weighted by Gasteiger charge is -1.98. The molecule has 0 aliphatic rings. The highest BCUT2D eigenvalue weighted by atomic mass is 16.1. The Bertz CT molecular complexity index is 613. The van der Waals surface area contributed by atoms with Crippen molar-refractivity contribution in [1.29, 1.82) is 5.26 Å². The van der Waals surface area contributed by atoms with Crippen molar-refractivity contribution in [1.82, 2.24) is 10.3 Å². The van der Waals surface area contributed by atoms with Crippen LogP contribution in [-0.2, 0) is 4.79 Å². The maximum absolute atomic E-state index is 11.6. The van der Waals surface area contributed by atoms with Crippen LogP contribution in [0.4, 0.5) is 0 Å². The molecule has 4 nitrogen and oxygen atoms in total. The van der Waals surface area contributed by atoms with Crippen molar-refractivity contribution in [3.05, 3.63) is 41.6 Å². The van der Waals surface area contributed by atoms with E-state index in [0.717, 1.165) is 16.6 Å². The van der Waals surface area contributed by atoms with Crippen LogP contribution in [0.5, 0.6) is 0 Å². The van der Waals surface area contributed by atoms with Gasteiger partial charge in [-0.1, -0.05) is 18.2 Å². The van der Waals surface area contributed by atoms with Crippen molar-refractivity contribution >= 4 is 22.9 Å². The smallest absolute Gasteiger partial charge is 0.262 e. The molecule has 0 unspecified atom stereocenters. The highest BCUT2D eigenvalue weighted by Crippen LogP contribution is 2.16. The number of rotatable bonds is 3. The Labute approximate surface area is 105 Å². The summed E-state index contributed by atoms with van der Waals surface area (Å²) in [7, 11) is 0. The molecule has 0 aliphatic heterocycles. The molecular formula is C14H13N3O. The van der Waals surface area contributed by atoms with E-state index in [1.54, 1.807) is 6.08 Å². The lowest BCUT2D eigenvalue weighted by atomic mass is 10.2. The number of aromatic amines is 1. The fraction of sp³-hybridized carbons (Fsp3) is 0.143. The van der Waals surface area contributed by atoms with E-state index in [1.807, 2.05) is 43.3 Å². The van der Waals surface area contributed by atoms with Gasteiger partial charge in [-0.3, -0.25) is 4.79 Å².